The van der Waals surface area contributed by atoms with E-state index in [9.17, 15) is 9.59 Å². The molecule has 2 rings (SSSR count). The van der Waals surface area contributed by atoms with Gasteiger partial charge >= 0.3 is 5.97 Å². The summed E-state index contributed by atoms with van der Waals surface area (Å²) >= 11 is 0. The van der Waals surface area contributed by atoms with Crippen molar-refractivity contribution < 1.29 is 19.4 Å². The largest absolute Gasteiger partial charge is 0.480 e. The highest BCUT2D eigenvalue weighted by Gasteiger charge is 2.30. The van der Waals surface area contributed by atoms with Crippen molar-refractivity contribution in [3.8, 4) is 0 Å². The first-order valence-corrected chi connectivity index (χ1v) is 7.66. The number of nitrogens with one attached hydrogen (secondary N) is 1. The van der Waals surface area contributed by atoms with E-state index < -0.39 is 12.0 Å². The number of aliphatic carboxylic acids is 1. The molecule has 6 heteroatoms. The minimum Gasteiger partial charge on any atom is -0.480 e. The number of carbonyl (C=O) groups is 2. The van der Waals surface area contributed by atoms with Gasteiger partial charge in [-0.25, -0.2) is 0 Å². The molecule has 1 fully saturated rings. The van der Waals surface area contributed by atoms with Crippen LogP contribution in [0.1, 0.15) is 32.1 Å². The lowest BCUT2D eigenvalue weighted by Gasteiger charge is -2.32. The molecule has 1 saturated heterocycles. The molecule has 0 bridgehead atoms. The van der Waals surface area contributed by atoms with Crippen LogP contribution in [-0.2, 0) is 14.3 Å². The van der Waals surface area contributed by atoms with Crippen LogP contribution in [0, 0.1) is 0 Å². The lowest BCUT2D eigenvalue weighted by Crippen LogP contribution is -2.53. The first-order chi connectivity index (χ1) is 10.2. The maximum atomic E-state index is 11.9. The summed E-state index contributed by atoms with van der Waals surface area (Å²) < 4.78 is 5.15. The van der Waals surface area contributed by atoms with E-state index >= 15 is 0 Å². The second-order valence-corrected chi connectivity index (χ2v) is 5.61. The summed E-state index contributed by atoms with van der Waals surface area (Å²) in [7, 11) is 0. The number of morpholine rings is 1. The van der Waals surface area contributed by atoms with E-state index in [1.807, 2.05) is 0 Å². The van der Waals surface area contributed by atoms with Gasteiger partial charge in [-0.15, -0.1) is 0 Å². The lowest BCUT2D eigenvalue weighted by molar-refractivity contribution is -0.150. The van der Waals surface area contributed by atoms with Crippen LogP contribution < -0.4 is 5.32 Å². The van der Waals surface area contributed by atoms with Crippen molar-refractivity contribution in [2.45, 2.75) is 38.1 Å². The first-order valence-electron chi connectivity index (χ1n) is 7.66. The number of rotatable bonds is 6. The molecular weight excluding hydrogens is 272 g/mol. The molecule has 2 N–H and O–H groups in total. The van der Waals surface area contributed by atoms with Gasteiger partial charge in [-0.05, 0) is 32.1 Å². The number of hydrogen-bond acceptors (Lipinski definition) is 4. The Morgan fingerprint density at radius 1 is 1.43 bits per heavy atom. The third-order valence-corrected chi connectivity index (χ3v) is 4.02. The number of ether oxygens (including phenoxy) is 1. The van der Waals surface area contributed by atoms with Gasteiger partial charge in [-0.3, -0.25) is 14.5 Å². The number of carbonyl (C=O) groups excluding carboxylic acids is 1. The minimum atomic E-state index is -0.935. The standard InChI is InChI=1S/C15H24N2O4/c18-14(16-7-6-12-4-2-1-3-5-12)10-17-8-9-21-11-13(17)15(19)20/h4,13H,1-3,5-11H2,(H,16,18)(H,19,20). The van der Waals surface area contributed by atoms with Crippen LogP contribution in [0.5, 0.6) is 0 Å². The maximum absolute atomic E-state index is 11.9. The van der Waals surface area contributed by atoms with E-state index in [4.69, 9.17) is 9.84 Å². The summed E-state index contributed by atoms with van der Waals surface area (Å²) in [4.78, 5) is 24.7. The van der Waals surface area contributed by atoms with E-state index in [-0.39, 0.29) is 19.1 Å². The fourth-order valence-electron chi connectivity index (χ4n) is 2.79. The zero-order valence-corrected chi connectivity index (χ0v) is 12.3. The quantitative estimate of drug-likeness (QED) is 0.708. The number of carboxylic acid groups (broad SMARTS) is 1. The zero-order chi connectivity index (χ0) is 15.1. The summed E-state index contributed by atoms with van der Waals surface area (Å²) in [6.07, 6.45) is 7.98. The van der Waals surface area contributed by atoms with Crippen LogP contribution in [-0.4, -0.2) is 60.8 Å². The van der Waals surface area contributed by atoms with Crippen LogP contribution in [0.25, 0.3) is 0 Å². The van der Waals surface area contributed by atoms with Gasteiger partial charge in [0.25, 0.3) is 0 Å². The number of allylic oxidation sites excluding steroid dienone is 1. The Kier molecular flexibility index (Phi) is 6.20. The number of carboxylic acids is 1. The molecular formula is C15H24N2O4. The molecule has 0 radical (unpaired) electrons. The number of nitrogens with zero attached hydrogens (tertiary/aromatic N) is 1. The highest BCUT2D eigenvalue weighted by molar-refractivity contribution is 5.80. The molecule has 1 heterocycles. The molecule has 0 spiro atoms. The molecule has 6 nitrogen and oxygen atoms in total. The van der Waals surface area contributed by atoms with Gasteiger partial charge in [0, 0.05) is 13.1 Å². The molecule has 0 aromatic rings. The first kappa shape index (κ1) is 16.0. The summed E-state index contributed by atoms with van der Waals surface area (Å²) in [5, 5.41) is 12.0. The van der Waals surface area contributed by atoms with Gasteiger partial charge in [0.2, 0.25) is 5.91 Å². The molecule has 0 saturated carbocycles. The topological polar surface area (TPSA) is 78.9 Å². The molecule has 118 valence electrons. The summed E-state index contributed by atoms with van der Waals surface area (Å²) in [6.45, 7) is 1.86. The minimum absolute atomic E-state index is 0.112. The van der Waals surface area contributed by atoms with Gasteiger partial charge < -0.3 is 15.2 Å². The maximum Gasteiger partial charge on any atom is 0.323 e. The summed E-state index contributed by atoms with van der Waals surface area (Å²) in [5.41, 5.74) is 1.43. The second kappa shape index (κ2) is 8.14. The van der Waals surface area contributed by atoms with Crippen LogP contribution in [0.15, 0.2) is 11.6 Å². The third-order valence-electron chi connectivity index (χ3n) is 4.02. The van der Waals surface area contributed by atoms with E-state index in [1.54, 1.807) is 4.90 Å². The Hall–Kier alpha value is -1.40. The van der Waals surface area contributed by atoms with Crippen molar-refractivity contribution in [3.05, 3.63) is 11.6 Å². The molecule has 1 atom stereocenters. The predicted octanol–water partition coefficient (Wildman–Crippen LogP) is 0.778. The van der Waals surface area contributed by atoms with Crippen molar-refractivity contribution in [2.75, 3.05) is 32.8 Å². The number of hydrogen-bond donors (Lipinski definition) is 2. The van der Waals surface area contributed by atoms with Gasteiger partial charge in [0.1, 0.15) is 6.04 Å². The van der Waals surface area contributed by atoms with Gasteiger partial charge in [0.05, 0.1) is 19.8 Å². The Labute approximate surface area is 125 Å². The monoisotopic (exact) mass is 296 g/mol. The summed E-state index contributed by atoms with van der Waals surface area (Å²) in [6, 6.07) is -0.717. The smallest absolute Gasteiger partial charge is 0.323 e. The molecule has 0 aromatic carbocycles. The van der Waals surface area contributed by atoms with Gasteiger partial charge in [-0.2, -0.15) is 0 Å². The Balaban J connectivity index is 1.70. The third kappa shape index (κ3) is 5.13. The van der Waals surface area contributed by atoms with Crippen molar-refractivity contribution in [3.63, 3.8) is 0 Å². The van der Waals surface area contributed by atoms with Crippen LogP contribution in [0.3, 0.4) is 0 Å². The SMILES string of the molecule is O=C(CN1CCOCC1C(=O)O)NCCC1=CCCCC1. The van der Waals surface area contributed by atoms with Gasteiger partial charge in [-0.1, -0.05) is 11.6 Å². The highest BCUT2D eigenvalue weighted by atomic mass is 16.5. The predicted molar refractivity (Wildman–Crippen MR) is 78.0 cm³/mol. The van der Waals surface area contributed by atoms with E-state index in [0.29, 0.717) is 19.7 Å². The Morgan fingerprint density at radius 2 is 2.29 bits per heavy atom. The van der Waals surface area contributed by atoms with E-state index in [2.05, 4.69) is 11.4 Å². The Morgan fingerprint density at radius 3 is 3.00 bits per heavy atom. The summed E-state index contributed by atoms with van der Waals surface area (Å²) in [5.74, 6) is -1.05. The van der Waals surface area contributed by atoms with Crippen molar-refractivity contribution in [2.24, 2.45) is 0 Å². The van der Waals surface area contributed by atoms with E-state index in [0.717, 1.165) is 19.3 Å². The van der Waals surface area contributed by atoms with Crippen molar-refractivity contribution >= 4 is 11.9 Å². The molecule has 2 aliphatic rings. The van der Waals surface area contributed by atoms with Crippen LogP contribution in [0.4, 0.5) is 0 Å². The molecule has 1 aliphatic carbocycles. The zero-order valence-electron chi connectivity index (χ0n) is 12.3. The van der Waals surface area contributed by atoms with Crippen molar-refractivity contribution in [1.29, 1.82) is 0 Å². The Bertz CT molecular complexity index is 408. The normalized spacial score (nSPS) is 23.4. The molecule has 0 aromatic heterocycles. The lowest BCUT2D eigenvalue weighted by atomic mass is 9.97. The molecule has 1 amide bonds. The van der Waals surface area contributed by atoms with Crippen LogP contribution in [0.2, 0.25) is 0 Å². The highest BCUT2D eigenvalue weighted by Crippen LogP contribution is 2.19. The van der Waals surface area contributed by atoms with Crippen LogP contribution >= 0.6 is 0 Å². The molecule has 1 unspecified atom stereocenters. The average molecular weight is 296 g/mol. The molecule has 21 heavy (non-hydrogen) atoms. The van der Waals surface area contributed by atoms with E-state index in [1.165, 1.54) is 18.4 Å². The van der Waals surface area contributed by atoms with Crippen molar-refractivity contribution in [1.82, 2.24) is 10.2 Å². The number of amides is 1. The average Bonchev–Trinajstić information content (AvgIpc) is 2.48. The van der Waals surface area contributed by atoms with Gasteiger partial charge in [0.15, 0.2) is 0 Å². The molecule has 1 aliphatic heterocycles. The fraction of sp³-hybridized carbons (Fsp3) is 0.733. The second-order valence-electron chi connectivity index (χ2n) is 5.61. The fourth-order valence-corrected chi connectivity index (χ4v) is 2.79.